The first-order valence-corrected chi connectivity index (χ1v) is 7.42. The summed E-state index contributed by atoms with van der Waals surface area (Å²) in [5.41, 5.74) is 6.19. The number of hydrogen-bond acceptors (Lipinski definition) is 2. The van der Waals surface area contributed by atoms with Crippen LogP contribution >= 0.6 is 0 Å². The van der Waals surface area contributed by atoms with Crippen molar-refractivity contribution in [3.8, 4) is 0 Å². The van der Waals surface area contributed by atoms with Gasteiger partial charge in [0.15, 0.2) is 0 Å². The van der Waals surface area contributed by atoms with Crippen molar-refractivity contribution in [2.75, 3.05) is 13.1 Å². The van der Waals surface area contributed by atoms with Gasteiger partial charge in [0.25, 0.3) is 0 Å². The van der Waals surface area contributed by atoms with Crippen molar-refractivity contribution in [3.63, 3.8) is 0 Å². The molecule has 4 heteroatoms. The topological polar surface area (TPSA) is 29.3 Å². The average Bonchev–Trinajstić information content (AvgIpc) is 2.41. The van der Waals surface area contributed by atoms with E-state index in [4.69, 9.17) is 5.73 Å². The third kappa shape index (κ3) is 4.53. The highest BCUT2D eigenvalue weighted by molar-refractivity contribution is 5.23. The van der Waals surface area contributed by atoms with Gasteiger partial charge in [-0.2, -0.15) is 0 Å². The Labute approximate surface area is 121 Å². The van der Waals surface area contributed by atoms with Crippen LogP contribution in [0.3, 0.4) is 0 Å². The van der Waals surface area contributed by atoms with Gasteiger partial charge in [-0.1, -0.05) is 19.8 Å². The first-order chi connectivity index (χ1) is 9.51. The van der Waals surface area contributed by atoms with Gasteiger partial charge in [-0.25, -0.2) is 8.78 Å². The van der Waals surface area contributed by atoms with Gasteiger partial charge in [0.05, 0.1) is 6.04 Å². The summed E-state index contributed by atoms with van der Waals surface area (Å²) in [5.74, 6) is -0.805. The minimum absolute atomic E-state index is 0.239. The molecule has 0 aromatic heterocycles. The zero-order chi connectivity index (χ0) is 15.1. The van der Waals surface area contributed by atoms with Gasteiger partial charge in [-0.15, -0.1) is 0 Å². The third-order valence-corrected chi connectivity index (χ3v) is 3.62. The number of halogens is 2. The highest BCUT2D eigenvalue weighted by Crippen LogP contribution is 2.26. The second-order valence-corrected chi connectivity index (χ2v) is 5.46. The summed E-state index contributed by atoms with van der Waals surface area (Å²) < 4.78 is 27.4. The largest absolute Gasteiger partial charge is 0.329 e. The monoisotopic (exact) mass is 284 g/mol. The number of unbranched alkanes of at least 4 members (excludes halogenated alkanes) is 2. The van der Waals surface area contributed by atoms with Crippen LogP contribution in [-0.2, 0) is 0 Å². The summed E-state index contributed by atoms with van der Waals surface area (Å²) in [7, 11) is 0. The molecule has 0 heterocycles. The Morgan fingerprint density at radius 1 is 1.20 bits per heavy atom. The van der Waals surface area contributed by atoms with Crippen molar-refractivity contribution in [3.05, 3.63) is 35.4 Å². The molecule has 0 spiro atoms. The maximum Gasteiger partial charge on any atom is 0.128 e. The third-order valence-electron chi connectivity index (χ3n) is 3.62. The van der Waals surface area contributed by atoms with Crippen LogP contribution < -0.4 is 5.73 Å². The SMILES string of the molecule is CCCCCN(C(C)C)C(CN)c1cc(F)ccc1F. The van der Waals surface area contributed by atoms with E-state index in [9.17, 15) is 8.78 Å². The standard InChI is InChI=1S/C16H26F2N2/c1-4-5-6-9-20(12(2)3)16(11-19)14-10-13(17)7-8-15(14)18/h7-8,10,12,16H,4-6,9,11,19H2,1-3H3. The summed E-state index contributed by atoms with van der Waals surface area (Å²) in [5, 5.41) is 0. The molecule has 0 radical (unpaired) electrons. The molecule has 1 unspecified atom stereocenters. The van der Waals surface area contributed by atoms with E-state index in [2.05, 4.69) is 25.7 Å². The van der Waals surface area contributed by atoms with Crippen molar-refractivity contribution < 1.29 is 8.78 Å². The minimum atomic E-state index is -0.419. The molecular weight excluding hydrogens is 258 g/mol. The van der Waals surface area contributed by atoms with Crippen molar-refractivity contribution >= 4 is 0 Å². The lowest BCUT2D eigenvalue weighted by molar-refractivity contribution is 0.150. The normalized spacial score (nSPS) is 13.2. The van der Waals surface area contributed by atoms with Crippen LogP contribution in [0, 0.1) is 11.6 Å². The summed E-state index contributed by atoms with van der Waals surface area (Å²) in [6.45, 7) is 7.40. The highest BCUT2D eigenvalue weighted by Gasteiger charge is 2.24. The van der Waals surface area contributed by atoms with Crippen LogP contribution in [0.4, 0.5) is 8.78 Å². The maximum atomic E-state index is 14.0. The molecule has 0 saturated carbocycles. The molecule has 0 amide bonds. The van der Waals surface area contributed by atoms with E-state index < -0.39 is 5.82 Å². The Hall–Kier alpha value is -1.00. The van der Waals surface area contributed by atoms with E-state index in [0.29, 0.717) is 5.56 Å². The lowest BCUT2D eigenvalue weighted by Crippen LogP contribution is -2.39. The lowest BCUT2D eigenvalue weighted by atomic mass is 10.0. The molecule has 1 aromatic carbocycles. The minimum Gasteiger partial charge on any atom is -0.329 e. The van der Waals surface area contributed by atoms with Crippen LogP contribution in [-0.4, -0.2) is 24.0 Å². The second kappa shape index (κ2) is 8.32. The van der Waals surface area contributed by atoms with E-state index in [1.54, 1.807) is 0 Å². The summed E-state index contributed by atoms with van der Waals surface area (Å²) in [4.78, 5) is 2.16. The Kier molecular flexibility index (Phi) is 7.10. The molecular formula is C16H26F2N2. The molecule has 0 aliphatic rings. The molecule has 1 aromatic rings. The van der Waals surface area contributed by atoms with Gasteiger partial charge in [0, 0.05) is 18.2 Å². The predicted molar refractivity (Wildman–Crippen MR) is 79.5 cm³/mol. The first kappa shape index (κ1) is 17.1. The van der Waals surface area contributed by atoms with E-state index in [-0.39, 0.29) is 24.4 Å². The second-order valence-electron chi connectivity index (χ2n) is 5.46. The molecule has 0 fully saturated rings. The van der Waals surface area contributed by atoms with Crippen molar-refractivity contribution in [2.24, 2.45) is 5.73 Å². The Morgan fingerprint density at radius 3 is 2.45 bits per heavy atom. The van der Waals surface area contributed by atoms with Crippen molar-refractivity contribution in [2.45, 2.75) is 52.1 Å². The Morgan fingerprint density at radius 2 is 1.90 bits per heavy atom. The quantitative estimate of drug-likeness (QED) is 0.734. The Balaban J connectivity index is 2.97. The molecule has 114 valence electrons. The molecule has 0 aliphatic heterocycles. The van der Waals surface area contributed by atoms with Crippen LogP contribution in [0.2, 0.25) is 0 Å². The van der Waals surface area contributed by atoms with Crippen LogP contribution in [0.5, 0.6) is 0 Å². The van der Waals surface area contributed by atoms with Gasteiger partial charge in [0.2, 0.25) is 0 Å². The molecule has 2 N–H and O–H groups in total. The smallest absolute Gasteiger partial charge is 0.128 e. The number of rotatable bonds is 8. The molecule has 1 atom stereocenters. The van der Waals surface area contributed by atoms with E-state index in [1.807, 2.05) is 0 Å². The molecule has 20 heavy (non-hydrogen) atoms. The summed E-state index contributed by atoms with van der Waals surface area (Å²) in [6, 6.07) is 3.55. The van der Waals surface area contributed by atoms with E-state index >= 15 is 0 Å². The van der Waals surface area contributed by atoms with Gasteiger partial charge in [0.1, 0.15) is 11.6 Å². The zero-order valence-corrected chi connectivity index (χ0v) is 12.7. The number of nitrogens with zero attached hydrogens (tertiary/aromatic N) is 1. The van der Waals surface area contributed by atoms with E-state index in [0.717, 1.165) is 31.9 Å². The lowest BCUT2D eigenvalue weighted by Gasteiger charge is -2.35. The zero-order valence-electron chi connectivity index (χ0n) is 12.7. The number of benzene rings is 1. The van der Waals surface area contributed by atoms with Crippen LogP contribution in [0.1, 0.15) is 51.6 Å². The fraction of sp³-hybridized carbons (Fsp3) is 0.625. The highest BCUT2D eigenvalue weighted by atomic mass is 19.1. The van der Waals surface area contributed by atoms with Gasteiger partial charge < -0.3 is 5.73 Å². The van der Waals surface area contributed by atoms with Crippen LogP contribution in [0.15, 0.2) is 18.2 Å². The fourth-order valence-electron chi connectivity index (χ4n) is 2.53. The first-order valence-electron chi connectivity index (χ1n) is 7.42. The van der Waals surface area contributed by atoms with Crippen LogP contribution in [0.25, 0.3) is 0 Å². The number of nitrogens with two attached hydrogens (primary N) is 1. The average molecular weight is 284 g/mol. The molecule has 0 bridgehead atoms. The molecule has 1 rings (SSSR count). The maximum absolute atomic E-state index is 14.0. The summed E-state index contributed by atoms with van der Waals surface area (Å²) >= 11 is 0. The van der Waals surface area contributed by atoms with Crippen molar-refractivity contribution in [1.29, 1.82) is 0 Å². The molecule has 2 nitrogen and oxygen atoms in total. The molecule has 0 aliphatic carbocycles. The van der Waals surface area contributed by atoms with Gasteiger partial charge in [-0.3, -0.25) is 4.90 Å². The Bertz CT molecular complexity index is 407. The van der Waals surface area contributed by atoms with E-state index in [1.165, 1.54) is 12.1 Å². The predicted octanol–water partition coefficient (Wildman–Crippen LogP) is 3.87. The van der Waals surface area contributed by atoms with Gasteiger partial charge in [-0.05, 0) is 45.0 Å². The number of hydrogen-bond donors (Lipinski definition) is 1. The molecule has 0 saturated heterocycles. The van der Waals surface area contributed by atoms with Gasteiger partial charge >= 0.3 is 0 Å². The van der Waals surface area contributed by atoms with Crippen molar-refractivity contribution in [1.82, 2.24) is 4.90 Å². The summed E-state index contributed by atoms with van der Waals surface area (Å²) in [6.07, 6.45) is 3.31. The fourth-order valence-corrected chi connectivity index (χ4v) is 2.53.